The minimum Gasteiger partial charge on any atom is -0.744 e. The maximum Gasteiger partial charge on any atom is 1.00 e. The van der Waals surface area contributed by atoms with Crippen molar-refractivity contribution in [2.75, 3.05) is 14.2 Å². The van der Waals surface area contributed by atoms with Crippen LogP contribution in [0.3, 0.4) is 0 Å². The van der Waals surface area contributed by atoms with Crippen LogP contribution >= 0.6 is 0 Å². The van der Waals surface area contributed by atoms with Crippen molar-refractivity contribution in [2.24, 2.45) is 0 Å². The number of rotatable bonds is 3. The Bertz CT molecular complexity index is 852. The molecule has 0 aliphatic carbocycles. The zero-order valence-electron chi connectivity index (χ0n) is 12.7. The van der Waals surface area contributed by atoms with E-state index in [1.165, 1.54) is 18.2 Å². The van der Waals surface area contributed by atoms with Crippen LogP contribution in [0.1, 0.15) is 20.7 Å². The number of esters is 2. The van der Waals surface area contributed by atoms with Crippen LogP contribution in [0.4, 0.5) is 0 Å². The summed E-state index contributed by atoms with van der Waals surface area (Å²) in [5.74, 6) is -1.53. The molecule has 0 N–H and O–H groups in total. The minimum absolute atomic E-state index is 0. The van der Waals surface area contributed by atoms with Gasteiger partial charge in [-0.05, 0) is 18.2 Å². The van der Waals surface area contributed by atoms with Crippen LogP contribution in [0.15, 0.2) is 35.2 Å². The molecule has 2 aromatic rings. The van der Waals surface area contributed by atoms with E-state index < -0.39 is 27.0 Å². The van der Waals surface area contributed by atoms with Gasteiger partial charge in [-0.3, -0.25) is 0 Å². The van der Waals surface area contributed by atoms with Crippen LogP contribution in [0.25, 0.3) is 10.8 Å². The first-order valence-corrected chi connectivity index (χ1v) is 7.40. The fraction of sp³-hybridized carbons (Fsp3) is 0.143. The first-order chi connectivity index (χ1) is 10.3. The smallest absolute Gasteiger partial charge is 0.744 e. The maximum atomic E-state index is 11.8. The molecule has 0 unspecified atom stereocenters. The van der Waals surface area contributed by atoms with Gasteiger partial charge in [-0.1, -0.05) is 12.1 Å². The molecule has 0 bridgehead atoms. The summed E-state index contributed by atoms with van der Waals surface area (Å²) < 4.78 is 43.3. The van der Waals surface area contributed by atoms with Crippen molar-refractivity contribution < 1.29 is 61.6 Å². The van der Waals surface area contributed by atoms with Gasteiger partial charge in [0, 0.05) is 10.8 Å². The Balaban J connectivity index is 0.00000264. The fourth-order valence-electron chi connectivity index (χ4n) is 2.16. The predicted molar refractivity (Wildman–Crippen MR) is 74.6 cm³/mol. The number of hydrogen-bond donors (Lipinski definition) is 0. The van der Waals surface area contributed by atoms with Gasteiger partial charge in [0.05, 0.1) is 30.2 Å². The van der Waals surface area contributed by atoms with Gasteiger partial charge in [0.25, 0.3) is 0 Å². The van der Waals surface area contributed by atoms with Crippen molar-refractivity contribution in [1.82, 2.24) is 0 Å². The molecule has 0 heterocycles. The van der Waals surface area contributed by atoms with Gasteiger partial charge in [-0.2, -0.15) is 0 Å². The molecular weight excluding hydrogens is 335 g/mol. The summed E-state index contributed by atoms with van der Waals surface area (Å²) in [6, 6.07) is 6.23. The molecule has 2 aromatic carbocycles. The molecule has 0 radical (unpaired) electrons. The van der Waals surface area contributed by atoms with Crippen LogP contribution in [-0.2, 0) is 19.6 Å². The summed E-state index contributed by atoms with van der Waals surface area (Å²) in [5.41, 5.74) is -0.0724. The maximum absolute atomic E-state index is 11.8. The summed E-state index contributed by atoms with van der Waals surface area (Å²) in [6.07, 6.45) is 0. The van der Waals surface area contributed by atoms with Crippen LogP contribution < -0.4 is 29.6 Å². The summed E-state index contributed by atoms with van der Waals surface area (Å²) >= 11 is 0. The first-order valence-electron chi connectivity index (χ1n) is 5.99. The summed E-state index contributed by atoms with van der Waals surface area (Å²) in [7, 11) is -2.49. The van der Waals surface area contributed by atoms with Crippen LogP contribution in [0.5, 0.6) is 0 Å². The number of fused-ring (bicyclic) bond motifs is 1. The third-order valence-electron chi connectivity index (χ3n) is 3.08. The van der Waals surface area contributed by atoms with Gasteiger partial charge in [0.1, 0.15) is 10.1 Å². The second-order valence-corrected chi connectivity index (χ2v) is 5.62. The number of benzene rings is 2. The monoisotopic (exact) mass is 346 g/mol. The van der Waals surface area contributed by atoms with Crippen molar-refractivity contribution >= 4 is 32.8 Å². The largest absolute Gasteiger partial charge is 1.00 e. The zero-order chi connectivity index (χ0) is 16.5. The van der Waals surface area contributed by atoms with Gasteiger partial charge in [-0.25, -0.2) is 18.0 Å². The van der Waals surface area contributed by atoms with Crippen LogP contribution in [0.2, 0.25) is 0 Å². The second-order valence-electron chi connectivity index (χ2n) is 4.28. The van der Waals surface area contributed by atoms with Crippen molar-refractivity contribution in [2.45, 2.75) is 4.90 Å². The average molecular weight is 346 g/mol. The van der Waals surface area contributed by atoms with E-state index in [1.54, 1.807) is 0 Å². The molecule has 0 spiro atoms. The van der Waals surface area contributed by atoms with E-state index in [-0.39, 0.29) is 51.5 Å². The van der Waals surface area contributed by atoms with Crippen molar-refractivity contribution in [3.63, 3.8) is 0 Å². The number of carbonyl (C=O) groups is 2. The van der Waals surface area contributed by atoms with E-state index >= 15 is 0 Å². The van der Waals surface area contributed by atoms with E-state index in [9.17, 15) is 22.6 Å². The molecule has 0 aliphatic heterocycles. The van der Waals surface area contributed by atoms with E-state index in [1.807, 2.05) is 0 Å². The third kappa shape index (κ3) is 3.73. The van der Waals surface area contributed by atoms with E-state index in [0.717, 1.165) is 26.4 Å². The molecule has 2 rings (SSSR count). The van der Waals surface area contributed by atoms with Gasteiger partial charge in [0.2, 0.25) is 0 Å². The normalized spacial score (nSPS) is 10.7. The Labute approximate surface area is 154 Å². The molecule has 0 aliphatic rings. The first kappa shape index (κ1) is 19.6. The number of carbonyl (C=O) groups excluding carboxylic acids is 2. The quantitative estimate of drug-likeness (QED) is 0.371. The molecule has 0 fully saturated rings. The van der Waals surface area contributed by atoms with Gasteiger partial charge >= 0.3 is 41.5 Å². The molecule has 0 aromatic heterocycles. The average Bonchev–Trinajstić information content (AvgIpc) is 2.50. The topological polar surface area (TPSA) is 110 Å². The Hall–Kier alpha value is -1.45. The number of methoxy groups -OCH3 is 2. The molecular formula is C14H11NaO7S. The van der Waals surface area contributed by atoms with Gasteiger partial charge < -0.3 is 14.0 Å². The Morgan fingerprint density at radius 3 is 1.96 bits per heavy atom. The fourth-order valence-corrected chi connectivity index (χ4v) is 2.83. The van der Waals surface area contributed by atoms with Crippen molar-refractivity contribution in [3.05, 3.63) is 41.5 Å². The molecule has 7 nitrogen and oxygen atoms in total. The number of ether oxygens (including phenoxy) is 2. The van der Waals surface area contributed by atoms with Crippen LogP contribution in [0, 0.1) is 0 Å². The zero-order valence-corrected chi connectivity index (χ0v) is 15.5. The summed E-state index contributed by atoms with van der Waals surface area (Å²) in [6.45, 7) is 0. The van der Waals surface area contributed by atoms with Crippen molar-refractivity contribution in [1.29, 1.82) is 0 Å². The second kappa shape index (κ2) is 7.41. The Morgan fingerprint density at radius 2 is 1.48 bits per heavy atom. The van der Waals surface area contributed by atoms with Crippen LogP contribution in [-0.4, -0.2) is 39.1 Å². The molecule has 23 heavy (non-hydrogen) atoms. The molecule has 0 saturated carbocycles. The standard InChI is InChI=1S/C14H12O7S.Na/c1-20-13(15)9-5-3-4-8-11(22(17,18)19)7-6-10(12(8)9)14(16)21-2;/h3-7H,1-2H3,(H,17,18,19);/q;+1/p-1. The van der Waals surface area contributed by atoms with Gasteiger partial charge in [0.15, 0.2) is 0 Å². The Morgan fingerprint density at radius 1 is 0.957 bits per heavy atom. The number of hydrogen-bond acceptors (Lipinski definition) is 7. The molecule has 0 amide bonds. The van der Waals surface area contributed by atoms with E-state index in [2.05, 4.69) is 9.47 Å². The molecule has 116 valence electrons. The SMILES string of the molecule is COC(=O)c1cccc2c(S(=O)(=O)[O-])ccc(C(=O)OC)c12.[Na+]. The third-order valence-corrected chi connectivity index (χ3v) is 3.98. The van der Waals surface area contributed by atoms with Gasteiger partial charge in [-0.15, -0.1) is 0 Å². The summed E-state index contributed by atoms with van der Waals surface area (Å²) in [4.78, 5) is 23.2. The molecule has 0 atom stereocenters. The minimum atomic E-state index is -4.78. The predicted octanol–water partition coefficient (Wildman–Crippen LogP) is -1.68. The van der Waals surface area contributed by atoms with E-state index in [4.69, 9.17) is 0 Å². The Kier molecular flexibility index (Phi) is 6.32. The van der Waals surface area contributed by atoms with E-state index in [0.29, 0.717) is 0 Å². The molecule has 0 saturated heterocycles. The summed E-state index contributed by atoms with van der Waals surface area (Å²) in [5, 5.41) is -0.0427. The van der Waals surface area contributed by atoms with Crippen molar-refractivity contribution in [3.8, 4) is 0 Å². The molecule has 9 heteroatoms.